The Morgan fingerprint density at radius 1 is 1.00 bits per heavy atom. The van der Waals surface area contributed by atoms with Gasteiger partial charge >= 0.3 is 12.0 Å². The fourth-order valence-corrected chi connectivity index (χ4v) is 5.86. The zero-order valence-electron chi connectivity index (χ0n) is 18.3. The van der Waals surface area contributed by atoms with Gasteiger partial charge in [0, 0.05) is 5.54 Å². The summed E-state index contributed by atoms with van der Waals surface area (Å²) < 4.78 is 10.6. The fourth-order valence-electron chi connectivity index (χ4n) is 5.86. The molecule has 0 spiro atoms. The van der Waals surface area contributed by atoms with Crippen LogP contribution in [0.15, 0.2) is 24.3 Å². The molecule has 4 aliphatic rings. The molecule has 4 saturated carbocycles. The first-order valence-corrected chi connectivity index (χ1v) is 11.3. The van der Waals surface area contributed by atoms with E-state index < -0.39 is 24.5 Å². The van der Waals surface area contributed by atoms with Crippen molar-refractivity contribution in [3.63, 3.8) is 0 Å². The Bertz CT molecular complexity index is 798. The van der Waals surface area contributed by atoms with Crippen LogP contribution in [-0.2, 0) is 9.53 Å². The molecule has 4 fully saturated rings. The van der Waals surface area contributed by atoms with E-state index in [0.29, 0.717) is 41.6 Å². The summed E-state index contributed by atoms with van der Waals surface area (Å²) >= 11 is 0. The van der Waals surface area contributed by atoms with E-state index in [4.69, 9.17) is 9.47 Å². The van der Waals surface area contributed by atoms with E-state index in [9.17, 15) is 14.4 Å². The van der Waals surface area contributed by atoms with Gasteiger partial charge in [0.15, 0.2) is 6.61 Å². The summed E-state index contributed by atoms with van der Waals surface area (Å²) in [6, 6.07) is 6.08. The van der Waals surface area contributed by atoms with Crippen molar-refractivity contribution in [3.05, 3.63) is 29.8 Å². The molecule has 7 heteroatoms. The highest BCUT2D eigenvalue weighted by Gasteiger charge is 2.51. The Hall–Kier alpha value is -2.57. The molecule has 0 heterocycles. The first kappa shape index (κ1) is 21.7. The minimum atomic E-state index is -0.632. The van der Waals surface area contributed by atoms with Gasteiger partial charge in [-0.25, -0.2) is 9.59 Å². The van der Waals surface area contributed by atoms with Crippen LogP contribution in [0.1, 0.15) is 62.7 Å². The van der Waals surface area contributed by atoms with Gasteiger partial charge < -0.3 is 14.8 Å². The van der Waals surface area contributed by atoms with Crippen LogP contribution in [0.3, 0.4) is 0 Å². The predicted octanol–water partition coefficient (Wildman–Crippen LogP) is 3.67. The Morgan fingerprint density at radius 3 is 2.13 bits per heavy atom. The quantitative estimate of drug-likeness (QED) is 0.646. The lowest BCUT2D eigenvalue weighted by Crippen LogP contribution is -2.62. The van der Waals surface area contributed by atoms with Gasteiger partial charge in [-0.2, -0.15) is 0 Å². The van der Waals surface area contributed by atoms with E-state index in [2.05, 4.69) is 24.5 Å². The molecule has 2 N–H and O–H groups in total. The van der Waals surface area contributed by atoms with Crippen molar-refractivity contribution in [1.82, 2.24) is 10.6 Å². The van der Waals surface area contributed by atoms with Crippen LogP contribution in [-0.4, -0.2) is 36.7 Å². The van der Waals surface area contributed by atoms with Crippen LogP contribution in [0.2, 0.25) is 0 Å². The highest BCUT2D eigenvalue weighted by molar-refractivity contribution is 5.97. The molecule has 1 aromatic rings. The van der Waals surface area contributed by atoms with Crippen LogP contribution in [0.25, 0.3) is 0 Å². The summed E-state index contributed by atoms with van der Waals surface area (Å²) in [6.07, 6.45) is 6.86. The average molecular weight is 429 g/mol. The number of ether oxygens (including phenoxy) is 2. The number of esters is 1. The van der Waals surface area contributed by atoms with Crippen molar-refractivity contribution in [2.75, 3.05) is 13.2 Å². The molecule has 3 amide bonds. The highest BCUT2D eigenvalue weighted by atomic mass is 16.5. The van der Waals surface area contributed by atoms with Crippen molar-refractivity contribution < 1.29 is 23.9 Å². The SMILES string of the molecule is CC(C)COc1ccc(C(=O)OCC(=O)NC(=O)NC23CC4CC(CC(C4)C2)C3)cc1. The van der Waals surface area contributed by atoms with E-state index in [-0.39, 0.29) is 5.54 Å². The van der Waals surface area contributed by atoms with Gasteiger partial charge in [0.05, 0.1) is 12.2 Å². The van der Waals surface area contributed by atoms with Gasteiger partial charge in [-0.15, -0.1) is 0 Å². The van der Waals surface area contributed by atoms with Crippen molar-refractivity contribution in [2.45, 2.75) is 57.9 Å². The second-order valence-corrected chi connectivity index (χ2v) is 10.0. The average Bonchev–Trinajstić information content (AvgIpc) is 2.69. The topological polar surface area (TPSA) is 93.7 Å². The molecule has 1 aromatic carbocycles. The first-order chi connectivity index (χ1) is 14.8. The van der Waals surface area contributed by atoms with Crippen LogP contribution in [0, 0.1) is 23.7 Å². The van der Waals surface area contributed by atoms with Gasteiger partial charge in [0.25, 0.3) is 5.91 Å². The van der Waals surface area contributed by atoms with E-state index in [1.807, 2.05) is 0 Å². The largest absolute Gasteiger partial charge is 0.493 e. The predicted molar refractivity (Wildman–Crippen MR) is 115 cm³/mol. The fraction of sp³-hybridized carbons (Fsp3) is 0.625. The molecule has 0 atom stereocenters. The van der Waals surface area contributed by atoms with Gasteiger partial charge in [-0.1, -0.05) is 13.8 Å². The van der Waals surface area contributed by atoms with Crippen LogP contribution < -0.4 is 15.4 Å². The molecule has 168 valence electrons. The smallest absolute Gasteiger partial charge is 0.338 e. The molecule has 0 radical (unpaired) electrons. The molecule has 0 saturated heterocycles. The maximum absolute atomic E-state index is 12.4. The minimum absolute atomic E-state index is 0.171. The Labute approximate surface area is 183 Å². The molecule has 31 heavy (non-hydrogen) atoms. The van der Waals surface area contributed by atoms with E-state index in [0.717, 1.165) is 19.3 Å². The lowest BCUT2D eigenvalue weighted by molar-refractivity contribution is -0.123. The Balaban J connectivity index is 1.21. The molecule has 4 bridgehead atoms. The summed E-state index contributed by atoms with van der Waals surface area (Å²) in [5.74, 6) is 1.92. The summed E-state index contributed by atoms with van der Waals surface area (Å²) in [4.78, 5) is 36.7. The van der Waals surface area contributed by atoms with Crippen LogP contribution in [0.4, 0.5) is 4.79 Å². The minimum Gasteiger partial charge on any atom is -0.493 e. The third-order valence-corrected chi connectivity index (χ3v) is 6.68. The summed E-state index contributed by atoms with van der Waals surface area (Å²) in [7, 11) is 0. The van der Waals surface area contributed by atoms with Crippen LogP contribution >= 0.6 is 0 Å². The van der Waals surface area contributed by atoms with E-state index >= 15 is 0 Å². The first-order valence-electron chi connectivity index (χ1n) is 11.3. The normalized spacial score (nSPS) is 28.3. The molecule has 5 rings (SSSR count). The molecule has 0 aliphatic heterocycles. The number of benzene rings is 1. The molecular formula is C24H32N2O5. The van der Waals surface area contributed by atoms with Crippen LogP contribution in [0.5, 0.6) is 5.75 Å². The maximum atomic E-state index is 12.4. The summed E-state index contributed by atoms with van der Waals surface area (Å²) in [5.41, 5.74) is 0.151. The van der Waals surface area contributed by atoms with E-state index in [1.54, 1.807) is 24.3 Å². The third-order valence-electron chi connectivity index (χ3n) is 6.68. The standard InChI is InChI=1S/C24H32N2O5/c1-15(2)13-30-20-5-3-19(4-6-20)22(28)31-14-21(27)25-23(29)26-24-10-16-7-17(11-24)9-18(8-16)12-24/h3-6,15-18H,7-14H2,1-2H3,(H2,25,26,27,29). The number of nitrogens with one attached hydrogen (secondary N) is 2. The number of amides is 3. The molecule has 0 unspecified atom stereocenters. The van der Waals surface area contributed by atoms with Gasteiger partial charge in [0.2, 0.25) is 0 Å². The molecule has 0 aromatic heterocycles. The van der Waals surface area contributed by atoms with Gasteiger partial charge in [-0.3, -0.25) is 10.1 Å². The van der Waals surface area contributed by atoms with Gasteiger partial charge in [0.1, 0.15) is 5.75 Å². The molecular weight excluding hydrogens is 396 g/mol. The Morgan fingerprint density at radius 2 is 1.58 bits per heavy atom. The van der Waals surface area contributed by atoms with E-state index in [1.165, 1.54) is 19.3 Å². The molecule has 7 nitrogen and oxygen atoms in total. The zero-order valence-corrected chi connectivity index (χ0v) is 18.3. The maximum Gasteiger partial charge on any atom is 0.338 e. The second-order valence-electron chi connectivity index (χ2n) is 10.0. The number of urea groups is 1. The number of carbonyl (C=O) groups excluding carboxylic acids is 3. The lowest BCUT2D eigenvalue weighted by atomic mass is 9.53. The lowest BCUT2D eigenvalue weighted by Gasteiger charge is -2.56. The third kappa shape index (κ3) is 5.38. The number of imide groups is 1. The summed E-state index contributed by atoms with van der Waals surface area (Å²) in [5, 5.41) is 5.39. The van der Waals surface area contributed by atoms with Gasteiger partial charge in [-0.05, 0) is 86.5 Å². The van der Waals surface area contributed by atoms with Crippen molar-refractivity contribution in [3.8, 4) is 5.75 Å². The number of hydrogen-bond donors (Lipinski definition) is 2. The van der Waals surface area contributed by atoms with Crippen molar-refractivity contribution in [1.29, 1.82) is 0 Å². The van der Waals surface area contributed by atoms with Crippen molar-refractivity contribution >= 4 is 17.9 Å². The second kappa shape index (κ2) is 8.89. The van der Waals surface area contributed by atoms with Crippen molar-refractivity contribution in [2.24, 2.45) is 23.7 Å². The zero-order chi connectivity index (χ0) is 22.0. The molecule has 4 aliphatic carbocycles. The highest BCUT2D eigenvalue weighted by Crippen LogP contribution is 2.55. The monoisotopic (exact) mass is 428 g/mol. The Kier molecular flexibility index (Phi) is 6.21. The number of rotatable bonds is 7. The number of hydrogen-bond acceptors (Lipinski definition) is 5. The summed E-state index contributed by atoms with van der Waals surface area (Å²) in [6.45, 7) is 4.20. The number of carbonyl (C=O) groups is 3.